The molecule has 1 heterocycles. The molecule has 3 nitrogen and oxygen atoms in total. The molecule has 2 atom stereocenters. The maximum absolute atomic E-state index is 11.5. The van der Waals surface area contributed by atoms with Gasteiger partial charge in [0, 0.05) is 0 Å². The number of hydrogen-bond donors (Lipinski definition) is 0. The van der Waals surface area contributed by atoms with Gasteiger partial charge in [0.25, 0.3) is 0 Å². The number of esters is 1. The zero-order chi connectivity index (χ0) is 11.8. The molecule has 1 aromatic carbocycles. The Kier molecular flexibility index (Phi) is 2.72. The lowest BCUT2D eigenvalue weighted by molar-refractivity contribution is -0.142. The third kappa shape index (κ3) is 1.61. The summed E-state index contributed by atoms with van der Waals surface area (Å²) in [5, 5.41) is 0. The highest BCUT2D eigenvalue weighted by Crippen LogP contribution is 2.49. The van der Waals surface area contributed by atoms with Crippen molar-refractivity contribution in [1.82, 2.24) is 0 Å². The second kappa shape index (κ2) is 3.91. The quantitative estimate of drug-likeness (QED) is 0.579. The van der Waals surface area contributed by atoms with Gasteiger partial charge < -0.3 is 9.47 Å². The Balaban J connectivity index is 2.29. The second-order valence-corrected chi connectivity index (χ2v) is 4.13. The Labute approximate surface area is 95.4 Å². The Morgan fingerprint density at radius 2 is 2.31 bits per heavy atom. The van der Waals surface area contributed by atoms with Crippen molar-refractivity contribution in [1.29, 1.82) is 0 Å². The van der Waals surface area contributed by atoms with Crippen LogP contribution in [0.4, 0.5) is 0 Å². The largest absolute Gasteiger partial charge is 0.467 e. The van der Waals surface area contributed by atoms with Crippen molar-refractivity contribution < 1.29 is 14.3 Å². The molecule has 0 radical (unpaired) electrons. The van der Waals surface area contributed by atoms with Gasteiger partial charge >= 0.3 is 5.97 Å². The van der Waals surface area contributed by atoms with Crippen LogP contribution >= 0.6 is 0 Å². The van der Waals surface area contributed by atoms with Gasteiger partial charge in [-0.1, -0.05) is 36.8 Å². The molecule has 16 heavy (non-hydrogen) atoms. The first-order valence-electron chi connectivity index (χ1n) is 5.47. The van der Waals surface area contributed by atoms with Gasteiger partial charge in [0.1, 0.15) is 5.60 Å². The Bertz CT molecular complexity index is 413. The lowest BCUT2D eigenvalue weighted by Crippen LogP contribution is -2.19. The van der Waals surface area contributed by atoms with Gasteiger partial charge in [-0.3, -0.25) is 0 Å². The predicted octanol–water partition coefficient (Wildman–Crippen LogP) is 2.17. The zero-order valence-electron chi connectivity index (χ0n) is 9.82. The number of methoxy groups -OCH3 is 1. The van der Waals surface area contributed by atoms with E-state index < -0.39 is 11.7 Å². The molecule has 3 heteroatoms. The molecule has 1 aromatic rings. The van der Waals surface area contributed by atoms with Crippen LogP contribution in [0.3, 0.4) is 0 Å². The van der Waals surface area contributed by atoms with E-state index in [9.17, 15) is 4.79 Å². The minimum atomic E-state index is -0.459. The molecule has 1 fully saturated rings. The molecule has 2 rings (SSSR count). The van der Waals surface area contributed by atoms with Crippen LogP contribution in [0.5, 0.6) is 0 Å². The zero-order valence-corrected chi connectivity index (χ0v) is 9.82. The third-order valence-corrected chi connectivity index (χ3v) is 3.14. The van der Waals surface area contributed by atoms with Gasteiger partial charge in [0.05, 0.1) is 7.11 Å². The smallest absolute Gasteiger partial charge is 0.338 e. The van der Waals surface area contributed by atoms with Gasteiger partial charge in [-0.05, 0) is 18.9 Å². The predicted molar refractivity (Wildman–Crippen MR) is 60.0 cm³/mol. The first kappa shape index (κ1) is 11.1. The van der Waals surface area contributed by atoms with Gasteiger partial charge in [0.2, 0.25) is 0 Å². The molecule has 0 bridgehead atoms. The lowest BCUT2D eigenvalue weighted by Gasteiger charge is -2.10. The number of rotatable bonds is 3. The molecule has 1 saturated heterocycles. The molecule has 2 unspecified atom stereocenters. The molecular formula is C13H16O3. The van der Waals surface area contributed by atoms with Crippen LogP contribution < -0.4 is 0 Å². The van der Waals surface area contributed by atoms with Crippen LogP contribution in [0.2, 0.25) is 0 Å². The SMILES string of the molecule is CCC1(c2cccc(C)c2)OC1C(=O)OC. The lowest BCUT2D eigenvalue weighted by atomic mass is 9.91. The molecule has 0 spiro atoms. The van der Waals surface area contributed by atoms with E-state index >= 15 is 0 Å². The maximum atomic E-state index is 11.5. The average molecular weight is 220 g/mol. The molecule has 0 aromatic heterocycles. The minimum absolute atomic E-state index is 0.289. The van der Waals surface area contributed by atoms with Gasteiger partial charge in [-0.25, -0.2) is 4.79 Å². The Hall–Kier alpha value is -1.35. The van der Waals surface area contributed by atoms with Crippen molar-refractivity contribution in [2.24, 2.45) is 0 Å². The average Bonchev–Trinajstić information content (AvgIpc) is 3.04. The summed E-state index contributed by atoms with van der Waals surface area (Å²) in [5.41, 5.74) is 1.77. The van der Waals surface area contributed by atoms with E-state index in [1.807, 2.05) is 32.0 Å². The summed E-state index contributed by atoms with van der Waals surface area (Å²) in [6.45, 7) is 4.05. The number of aryl methyl sites for hydroxylation is 1. The van der Waals surface area contributed by atoms with E-state index in [1.165, 1.54) is 12.7 Å². The van der Waals surface area contributed by atoms with Crippen molar-refractivity contribution in [2.45, 2.75) is 32.0 Å². The molecule has 86 valence electrons. The number of hydrogen-bond acceptors (Lipinski definition) is 3. The summed E-state index contributed by atoms with van der Waals surface area (Å²) >= 11 is 0. The molecule has 1 aliphatic heterocycles. The Morgan fingerprint density at radius 3 is 2.88 bits per heavy atom. The highest BCUT2D eigenvalue weighted by atomic mass is 16.7. The van der Waals surface area contributed by atoms with E-state index in [1.54, 1.807) is 0 Å². The van der Waals surface area contributed by atoms with Crippen LogP contribution in [0, 0.1) is 6.92 Å². The van der Waals surface area contributed by atoms with Crippen LogP contribution in [-0.4, -0.2) is 19.2 Å². The second-order valence-electron chi connectivity index (χ2n) is 4.13. The van der Waals surface area contributed by atoms with E-state index in [0.717, 1.165) is 12.0 Å². The molecule has 0 aliphatic carbocycles. The monoisotopic (exact) mass is 220 g/mol. The summed E-state index contributed by atoms with van der Waals surface area (Å²) in [7, 11) is 1.39. The number of ether oxygens (including phenoxy) is 2. The van der Waals surface area contributed by atoms with Crippen molar-refractivity contribution in [3.8, 4) is 0 Å². The summed E-state index contributed by atoms with van der Waals surface area (Å²) in [4.78, 5) is 11.5. The van der Waals surface area contributed by atoms with Gasteiger partial charge in [0.15, 0.2) is 6.10 Å². The summed E-state index contributed by atoms with van der Waals surface area (Å²) < 4.78 is 10.3. The first-order chi connectivity index (χ1) is 7.64. The minimum Gasteiger partial charge on any atom is -0.467 e. The standard InChI is InChI=1S/C13H16O3/c1-4-13(11(16-13)12(14)15-3)10-7-5-6-9(2)8-10/h5-8,11H,4H2,1-3H3. The van der Waals surface area contributed by atoms with Crippen LogP contribution in [-0.2, 0) is 19.9 Å². The molecular weight excluding hydrogens is 204 g/mol. The fourth-order valence-corrected chi connectivity index (χ4v) is 2.12. The Morgan fingerprint density at radius 1 is 1.56 bits per heavy atom. The fraction of sp³-hybridized carbons (Fsp3) is 0.462. The summed E-state index contributed by atoms with van der Waals surface area (Å²) in [6, 6.07) is 8.08. The topological polar surface area (TPSA) is 38.8 Å². The third-order valence-electron chi connectivity index (χ3n) is 3.14. The number of carbonyl (C=O) groups is 1. The van der Waals surface area contributed by atoms with E-state index in [-0.39, 0.29) is 5.97 Å². The molecule has 0 saturated carbocycles. The van der Waals surface area contributed by atoms with E-state index in [2.05, 4.69) is 6.07 Å². The molecule has 1 aliphatic rings. The van der Waals surface area contributed by atoms with Crippen molar-refractivity contribution in [3.05, 3.63) is 35.4 Å². The van der Waals surface area contributed by atoms with Crippen molar-refractivity contribution in [2.75, 3.05) is 7.11 Å². The number of benzene rings is 1. The number of carbonyl (C=O) groups excluding carboxylic acids is 1. The number of epoxide rings is 1. The first-order valence-corrected chi connectivity index (χ1v) is 5.47. The van der Waals surface area contributed by atoms with Crippen molar-refractivity contribution >= 4 is 5.97 Å². The van der Waals surface area contributed by atoms with Gasteiger partial charge in [-0.2, -0.15) is 0 Å². The van der Waals surface area contributed by atoms with Crippen LogP contribution in [0.1, 0.15) is 24.5 Å². The summed E-state index contributed by atoms with van der Waals surface area (Å²) in [5.74, 6) is -0.289. The highest BCUT2D eigenvalue weighted by Gasteiger charge is 2.61. The summed E-state index contributed by atoms with van der Waals surface area (Å²) in [6.07, 6.45) is 0.334. The molecule has 0 N–H and O–H groups in total. The van der Waals surface area contributed by atoms with Crippen molar-refractivity contribution in [3.63, 3.8) is 0 Å². The highest BCUT2D eigenvalue weighted by molar-refractivity contribution is 5.79. The fourth-order valence-electron chi connectivity index (χ4n) is 2.12. The van der Waals surface area contributed by atoms with Crippen LogP contribution in [0.15, 0.2) is 24.3 Å². The maximum Gasteiger partial charge on any atom is 0.338 e. The normalized spacial score (nSPS) is 27.6. The van der Waals surface area contributed by atoms with Gasteiger partial charge in [-0.15, -0.1) is 0 Å². The van der Waals surface area contributed by atoms with E-state index in [0.29, 0.717) is 0 Å². The van der Waals surface area contributed by atoms with Crippen LogP contribution in [0.25, 0.3) is 0 Å². The van der Waals surface area contributed by atoms with E-state index in [4.69, 9.17) is 9.47 Å². The molecule has 0 amide bonds.